The van der Waals surface area contributed by atoms with E-state index in [1.165, 1.54) is 4.80 Å². The van der Waals surface area contributed by atoms with Gasteiger partial charge in [-0.3, -0.25) is 0 Å². The van der Waals surface area contributed by atoms with E-state index in [9.17, 15) is 5.11 Å². The number of aromatic nitrogens is 3. The van der Waals surface area contributed by atoms with E-state index >= 15 is 0 Å². The molecule has 2 aromatic heterocycles. The molecule has 0 fully saturated rings. The van der Waals surface area contributed by atoms with E-state index < -0.39 is 0 Å². The lowest BCUT2D eigenvalue weighted by molar-refractivity contribution is 0.466. The van der Waals surface area contributed by atoms with Gasteiger partial charge in [-0.1, -0.05) is 12.1 Å². The van der Waals surface area contributed by atoms with Gasteiger partial charge in [-0.25, -0.2) is 0 Å². The van der Waals surface area contributed by atoms with Crippen LogP contribution in [0.4, 0.5) is 0 Å². The van der Waals surface area contributed by atoms with Crippen LogP contribution in [0.5, 0.6) is 5.75 Å². The fraction of sp³-hybridized carbons (Fsp3) is 0.0588. The minimum Gasteiger partial charge on any atom is -0.505 e. The molecule has 5 nitrogen and oxygen atoms in total. The second-order valence-corrected chi connectivity index (χ2v) is 5.14. The highest BCUT2D eigenvalue weighted by atomic mass is 16.3. The van der Waals surface area contributed by atoms with Crippen LogP contribution < -0.4 is 0 Å². The van der Waals surface area contributed by atoms with Crippen LogP contribution in [0.1, 0.15) is 5.56 Å². The molecule has 2 aromatic carbocycles. The number of aryl methyl sites for hydroxylation is 1. The smallest absolute Gasteiger partial charge is 0.154 e. The summed E-state index contributed by atoms with van der Waals surface area (Å²) in [6.45, 7) is 1.96. The number of nitrogens with zero attached hydrogens (tertiary/aromatic N) is 3. The maximum absolute atomic E-state index is 10.6. The first-order valence-electron chi connectivity index (χ1n) is 6.92. The molecule has 22 heavy (non-hydrogen) atoms. The first kappa shape index (κ1) is 12.6. The Morgan fingerprint density at radius 2 is 1.73 bits per heavy atom. The Balaban J connectivity index is 1.95. The van der Waals surface area contributed by atoms with E-state index in [-0.39, 0.29) is 5.75 Å². The molecule has 0 radical (unpaired) electrons. The average molecular weight is 291 g/mol. The molecular weight excluding hydrogens is 278 g/mol. The van der Waals surface area contributed by atoms with Crippen molar-refractivity contribution in [2.45, 2.75) is 6.92 Å². The van der Waals surface area contributed by atoms with Crippen molar-refractivity contribution in [3.05, 3.63) is 60.4 Å². The van der Waals surface area contributed by atoms with Gasteiger partial charge in [0, 0.05) is 0 Å². The normalized spacial score (nSPS) is 11.1. The summed E-state index contributed by atoms with van der Waals surface area (Å²) in [5, 5.41) is 19.4. The largest absolute Gasteiger partial charge is 0.505 e. The van der Waals surface area contributed by atoms with Crippen LogP contribution in [0.3, 0.4) is 0 Å². The number of rotatable bonds is 2. The quantitative estimate of drug-likeness (QED) is 0.611. The third-order valence-electron chi connectivity index (χ3n) is 3.52. The Bertz CT molecular complexity index is 922. The van der Waals surface area contributed by atoms with Crippen LogP contribution in [-0.2, 0) is 0 Å². The first-order valence-corrected chi connectivity index (χ1v) is 6.92. The number of furan rings is 1. The van der Waals surface area contributed by atoms with E-state index in [0.717, 1.165) is 16.6 Å². The van der Waals surface area contributed by atoms with Crippen LogP contribution in [0.25, 0.3) is 28.0 Å². The van der Waals surface area contributed by atoms with Crippen LogP contribution in [0.15, 0.2) is 59.2 Å². The molecule has 0 saturated carbocycles. The molecule has 5 heteroatoms. The molecule has 2 heterocycles. The van der Waals surface area contributed by atoms with Crippen molar-refractivity contribution in [2.75, 3.05) is 0 Å². The van der Waals surface area contributed by atoms with Gasteiger partial charge in [0.2, 0.25) is 0 Å². The Kier molecular flexibility index (Phi) is 2.72. The monoisotopic (exact) mass is 291 g/mol. The average Bonchev–Trinajstić information content (AvgIpc) is 3.17. The number of benzene rings is 2. The molecule has 0 atom stereocenters. The Hall–Kier alpha value is -3.08. The molecule has 0 bridgehead atoms. The number of phenols is 1. The molecule has 108 valence electrons. The van der Waals surface area contributed by atoms with E-state index in [1.54, 1.807) is 12.3 Å². The number of fused-ring (bicyclic) bond motifs is 1. The first-order chi connectivity index (χ1) is 10.7. The summed E-state index contributed by atoms with van der Waals surface area (Å²) in [6.07, 6.45) is 1.58. The van der Waals surface area contributed by atoms with Gasteiger partial charge in [0.1, 0.15) is 22.5 Å². The van der Waals surface area contributed by atoms with Crippen LogP contribution >= 0.6 is 0 Å². The molecule has 4 rings (SSSR count). The summed E-state index contributed by atoms with van der Waals surface area (Å²) in [7, 11) is 0. The molecule has 0 amide bonds. The third kappa shape index (κ3) is 1.95. The predicted molar refractivity (Wildman–Crippen MR) is 83.0 cm³/mol. The molecular formula is C17H13N3O2. The molecule has 0 unspecified atom stereocenters. The van der Waals surface area contributed by atoms with Crippen molar-refractivity contribution in [1.82, 2.24) is 15.0 Å². The number of phenolic OH excluding ortho intramolecular Hbond substituents is 1. The van der Waals surface area contributed by atoms with Crippen LogP contribution in [-0.4, -0.2) is 20.1 Å². The van der Waals surface area contributed by atoms with E-state index in [0.29, 0.717) is 17.0 Å². The van der Waals surface area contributed by atoms with Crippen molar-refractivity contribution < 1.29 is 9.52 Å². The zero-order chi connectivity index (χ0) is 15.1. The molecule has 0 aliphatic rings. The topological polar surface area (TPSA) is 64.1 Å². The SMILES string of the molecule is Cc1cc(-c2ccco2)c(O)c(-n2nc3ccccc3n2)c1. The zero-order valence-electron chi connectivity index (χ0n) is 11.9. The van der Waals surface area contributed by atoms with Crippen LogP contribution in [0.2, 0.25) is 0 Å². The summed E-state index contributed by atoms with van der Waals surface area (Å²) < 4.78 is 5.40. The lowest BCUT2D eigenvalue weighted by Gasteiger charge is -2.09. The van der Waals surface area contributed by atoms with Gasteiger partial charge in [0.05, 0.1) is 11.8 Å². The lowest BCUT2D eigenvalue weighted by Crippen LogP contribution is -2.00. The highest BCUT2D eigenvalue weighted by Crippen LogP contribution is 2.35. The van der Waals surface area contributed by atoms with Gasteiger partial charge in [-0.15, -0.1) is 15.0 Å². The second-order valence-electron chi connectivity index (χ2n) is 5.14. The Labute approximate surface area is 126 Å². The Morgan fingerprint density at radius 3 is 2.36 bits per heavy atom. The highest BCUT2D eigenvalue weighted by molar-refractivity contribution is 5.75. The summed E-state index contributed by atoms with van der Waals surface area (Å²) in [5.41, 5.74) is 3.70. The fourth-order valence-electron chi connectivity index (χ4n) is 2.50. The third-order valence-corrected chi connectivity index (χ3v) is 3.52. The van der Waals surface area contributed by atoms with E-state index in [1.807, 2.05) is 49.4 Å². The summed E-state index contributed by atoms with van der Waals surface area (Å²) >= 11 is 0. The van der Waals surface area contributed by atoms with Gasteiger partial charge < -0.3 is 9.52 Å². The second kappa shape index (κ2) is 4.73. The van der Waals surface area contributed by atoms with Gasteiger partial charge >= 0.3 is 0 Å². The van der Waals surface area contributed by atoms with Crippen molar-refractivity contribution in [2.24, 2.45) is 0 Å². The molecule has 0 aliphatic heterocycles. The number of hydrogen-bond donors (Lipinski definition) is 1. The van der Waals surface area contributed by atoms with Crippen molar-refractivity contribution >= 4 is 11.0 Å². The zero-order valence-corrected chi connectivity index (χ0v) is 11.9. The fourth-order valence-corrected chi connectivity index (χ4v) is 2.50. The van der Waals surface area contributed by atoms with Crippen molar-refractivity contribution in [3.8, 4) is 22.8 Å². The van der Waals surface area contributed by atoms with Gasteiger partial charge in [0.15, 0.2) is 5.75 Å². The van der Waals surface area contributed by atoms with Crippen LogP contribution in [0, 0.1) is 6.92 Å². The van der Waals surface area contributed by atoms with Gasteiger partial charge in [-0.2, -0.15) is 0 Å². The van der Waals surface area contributed by atoms with Gasteiger partial charge in [0.25, 0.3) is 0 Å². The Morgan fingerprint density at radius 1 is 1.00 bits per heavy atom. The molecule has 0 saturated heterocycles. The van der Waals surface area contributed by atoms with Crippen molar-refractivity contribution in [1.29, 1.82) is 0 Å². The standard InChI is InChI=1S/C17H13N3O2/c1-11-9-12(16-7-4-8-22-16)17(21)15(10-11)20-18-13-5-2-3-6-14(13)19-20/h2-10,21H,1H3. The number of hydrogen-bond acceptors (Lipinski definition) is 4. The molecule has 1 N–H and O–H groups in total. The molecule has 4 aromatic rings. The van der Waals surface area contributed by atoms with Crippen molar-refractivity contribution in [3.63, 3.8) is 0 Å². The minimum absolute atomic E-state index is 0.0980. The lowest BCUT2D eigenvalue weighted by atomic mass is 10.1. The van der Waals surface area contributed by atoms with Gasteiger partial charge in [-0.05, 0) is 48.9 Å². The maximum Gasteiger partial charge on any atom is 0.154 e. The maximum atomic E-state index is 10.6. The predicted octanol–water partition coefficient (Wildman–Crippen LogP) is 3.69. The summed E-state index contributed by atoms with van der Waals surface area (Å²) in [4.78, 5) is 1.46. The summed E-state index contributed by atoms with van der Waals surface area (Å²) in [6, 6.07) is 14.9. The molecule has 0 spiro atoms. The number of aromatic hydroxyl groups is 1. The molecule has 0 aliphatic carbocycles. The van der Waals surface area contributed by atoms with E-state index in [4.69, 9.17) is 4.42 Å². The summed E-state index contributed by atoms with van der Waals surface area (Å²) in [5.74, 6) is 0.708. The van der Waals surface area contributed by atoms with E-state index in [2.05, 4.69) is 10.2 Å². The minimum atomic E-state index is 0.0980. The highest BCUT2D eigenvalue weighted by Gasteiger charge is 2.16.